The number of anilines is 1. The standard InChI is InChI=1S/C31H27N3O2S/c1-2-33-27-11-7-6-10-25(27)26-18-24(16-17-28(26)33)32-30(36)22-12-14-23(15-13-22)31-34(29(35)20-37-31)19-21-8-4-3-5-9-21/h3-18,31H,2,19-20H2,1H3,(H,32,36)/t31-/m1/s1. The molecule has 1 atom stereocenters. The van der Waals surface area contributed by atoms with Crippen LogP contribution in [-0.2, 0) is 17.9 Å². The van der Waals surface area contributed by atoms with E-state index < -0.39 is 0 Å². The molecule has 1 N–H and O–H groups in total. The Balaban J connectivity index is 1.21. The van der Waals surface area contributed by atoms with Crippen molar-refractivity contribution in [1.82, 2.24) is 9.47 Å². The molecule has 37 heavy (non-hydrogen) atoms. The lowest BCUT2D eigenvalue weighted by Gasteiger charge is -2.24. The van der Waals surface area contributed by atoms with E-state index in [1.807, 2.05) is 71.6 Å². The van der Waals surface area contributed by atoms with Crippen LogP contribution in [0.4, 0.5) is 5.69 Å². The van der Waals surface area contributed by atoms with Crippen LogP contribution in [0.2, 0.25) is 0 Å². The summed E-state index contributed by atoms with van der Waals surface area (Å²) < 4.78 is 2.29. The third-order valence-electron chi connectivity index (χ3n) is 6.97. The predicted molar refractivity (Wildman–Crippen MR) is 152 cm³/mol. The van der Waals surface area contributed by atoms with Crippen LogP contribution in [0.3, 0.4) is 0 Å². The number of rotatable bonds is 6. The van der Waals surface area contributed by atoms with Crippen LogP contribution in [0.1, 0.15) is 33.8 Å². The van der Waals surface area contributed by atoms with E-state index in [0.717, 1.165) is 34.3 Å². The average molecular weight is 506 g/mol. The number of hydrogen-bond acceptors (Lipinski definition) is 3. The number of aryl methyl sites for hydroxylation is 1. The van der Waals surface area contributed by atoms with Crippen LogP contribution in [0.5, 0.6) is 0 Å². The molecule has 1 aliphatic rings. The van der Waals surface area contributed by atoms with E-state index in [0.29, 0.717) is 17.9 Å². The third kappa shape index (κ3) is 4.38. The molecular formula is C31H27N3O2S. The van der Waals surface area contributed by atoms with Crippen LogP contribution in [-0.4, -0.2) is 27.0 Å². The largest absolute Gasteiger partial charge is 0.341 e. The molecular weight excluding hydrogens is 478 g/mol. The molecule has 1 fully saturated rings. The molecule has 0 saturated carbocycles. The van der Waals surface area contributed by atoms with Gasteiger partial charge in [0.15, 0.2) is 0 Å². The molecule has 1 aliphatic heterocycles. The number of nitrogens with one attached hydrogen (secondary N) is 1. The minimum atomic E-state index is -0.151. The highest BCUT2D eigenvalue weighted by molar-refractivity contribution is 8.00. The van der Waals surface area contributed by atoms with E-state index in [-0.39, 0.29) is 17.2 Å². The van der Waals surface area contributed by atoms with Gasteiger partial charge in [-0.3, -0.25) is 9.59 Å². The van der Waals surface area contributed by atoms with Gasteiger partial charge in [-0.1, -0.05) is 60.7 Å². The van der Waals surface area contributed by atoms with E-state index in [9.17, 15) is 9.59 Å². The van der Waals surface area contributed by atoms with Crippen molar-refractivity contribution in [3.05, 3.63) is 114 Å². The normalized spacial score (nSPS) is 15.5. The van der Waals surface area contributed by atoms with Crippen molar-refractivity contribution < 1.29 is 9.59 Å². The number of amides is 2. The van der Waals surface area contributed by atoms with E-state index in [2.05, 4.69) is 47.1 Å². The number of carbonyl (C=O) groups excluding carboxylic acids is 2. The van der Waals surface area contributed by atoms with Crippen LogP contribution >= 0.6 is 11.8 Å². The number of thioether (sulfide) groups is 1. The number of hydrogen-bond donors (Lipinski definition) is 1. The quantitative estimate of drug-likeness (QED) is 0.275. The topological polar surface area (TPSA) is 54.3 Å². The number of benzene rings is 4. The number of carbonyl (C=O) groups is 2. The smallest absolute Gasteiger partial charge is 0.255 e. The summed E-state index contributed by atoms with van der Waals surface area (Å²) in [7, 11) is 0. The zero-order valence-corrected chi connectivity index (χ0v) is 21.4. The summed E-state index contributed by atoms with van der Waals surface area (Å²) in [5.74, 6) is 0.457. The fraction of sp³-hybridized carbons (Fsp3) is 0.161. The monoisotopic (exact) mass is 505 g/mol. The number of para-hydroxylation sites is 1. The Labute approximate surface area is 220 Å². The highest BCUT2D eigenvalue weighted by Gasteiger charge is 2.32. The first-order valence-corrected chi connectivity index (χ1v) is 13.5. The van der Waals surface area contributed by atoms with Gasteiger partial charge in [-0.05, 0) is 54.4 Å². The second kappa shape index (κ2) is 9.79. The minimum Gasteiger partial charge on any atom is -0.341 e. The highest BCUT2D eigenvalue weighted by Crippen LogP contribution is 2.39. The maximum absolute atomic E-state index is 13.1. The predicted octanol–water partition coefficient (Wildman–Crippen LogP) is 6.84. The lowest BCUT2D eigenvalue weighted by Crippen LogP contribution is -2.27. The summed E-state index contributed by atoms with van der Waals surface area (Å²) in [5.41, 5.74) is 5.85. The maximum atomic E-state index is 13.1. The van der Waals surface area contributed by atoms with Gasteiger partial charge in [-0.25, -0.2) is 0 Å². The fourth-order valence-corrected chi connectivity index (χ4v) is 6.34. The summed E-state index contributed by atoms with van der Waals surface area (Å²) in [5, 5.41) is 5.32. The zero-order valence-electron chi connectivity index (χ0n) is 20.6. The molecule has 0 spiro atoms. The number of nitrogens with zero attached hydrogens (tertiary/aromatic N) is 2. The first kappa shape index (κ1) is 23.4. The van der Waals surface area contributed by atoms with Gasteiger partial charge in [-0.15, -0.1) is 11.8 Å². The van der Waals surface area contributed by atoms with Gasteiger partial charge in [0.1, 0.15) is 5.37 Å². The highest BCUT2D eigenvalue weighted by atomic mass is 32.2. The van der Waals surface area contributed by atoms with Gasteiger partial charge in [0, 0.05) is 46.1 Å². The summed E-state index contributed by atoms with van der Waals surface area (Å²) in [6.07, 6.45) is 0. The molecule has 5 aromatic rings. The third-order valence-corrected chi connectivity index (χ3v) is 8.22. The second-order valence-electron chi connectivity index (χ2n) is 9.24. The molecule has 0 radical (unpaired) electrons. The van der Waals surface area contributed by atoms with Gasteiger partial charge < -0.3 is 14.8 Å². The molecule has 1 aromatic heterocycles. The zero-order chi connectivity index (χ0) is 25.4. The van der Waals surface area contributed by atoms with Crippen molar-refractivity contribution in [3.8, 4) is 0 Å². The van der Waals surface area contributed by atoms with Crippen molar-refractivity contribution in [2.75, 3.05) is 11.1 Å². The van der Waals surface area contributed by atoms with Crippen molar-refractivity contribution in [1.29, 1.82) is 0 Å². The van der Waals surface area contributed by atoms with Crippen LogP contribution < -0.4 is 5.32 Å². The van der Waals surface area contributed by atoms with Crippen molar-refractivity contribution in [3.63, 3.8) is 0 Å². The fourth-order valence-electron chi connectivity index (χ4n) is 5.16. The Hall–Kier alpha value is -4.03. The van der Waals surface area contributed by atoms with Gasteiger partial charge in [0.2, 0.25) is 5.91 Å². The molecule has 184 valence electrons. The van der Waals surface area contributed by atoms with E-state index in [1.165, 1.54) is 10.9 Å². The van der Waals surface area contributed by atoms with Gasteiger partial charge in [0.05, 0.1) is 5.75 Å². The Kier molecular flexibility index (Phi) is 6.18. The molecule has 0 unspecified atom stereocenters. The first-order valence-electron chi connectivity index (χ1n) is 12.5. The van der Waals surface area contributed by atoms with Crippen molar-refractivity contribution in [2.24, 2.45) is 0 Å². The molecule has 6 heteroatoms. The first-order chi connectivity index (χ1) is 18.1. The molecule has 0 aliphatic carbocycles. The summed E-state index contributed by atoms with van der Waals surface area (Å²) >= 11 is 1.63. The second-order valence-corrected chi connectivity index (χ2v) is 10.3. The molecule has 4 aromatic carbocycles. The molecule has 6 rings (SSSR count). The Morgan fingerprint density at radius 2 is 1.62 bits per heavy atom. The maximum Gasteiger partial charge on any atom is 0.255 e. The molecule has 0 bridgehead atoms. The van der Waals surface area contributed by atoms with Crippen molar-refractivity contribution >= 4 is 51.1 Å². The Morgan fingerprint density at radius 3 is 2.41 bits per heavy atom. The van der Waals surface area contributed by atoms with Crippen LogP contribution in [0, 0.1) is 0 Å². The molecule has 2 amide bonds. The Bertz CT molecular complexity index is 1610. The lowest BCUT2D eigenvalue weighted by molar-refractivity contribution is -0.128. The molecule has 1 saturated heterocycles. The van der Waals surface area contributed by atoms with E-state index in [4.69, 9.17) is 0 Å². The van der Waals surface area contributed by atoms with Gasteiger partial charge in [0.25, 0.3) is 5.91 Å². The van der Waals surface area contributed by atoms with Gasteiger partial charge in [-0.2, -0.15) is 0 Å². The molecule has 2 heterocycles. The average Bonchev–Trinajstić information content (AvgIpc) is 3.46. The van der Waals surface area contributed by atoms with Crippen molar-refractivity contribution in [2.45, 2.75) is 25.4 Å². The lowest BCUT2D eigenvalue weighted by atomic mass is 10.1. The summed E-state index contributed by atoms with van der Waals surface area (Å²) in [6.45, 7) is 3.61. The molecule has 5 nitrogen and oxygen atoms in total. The number of fused-ring (bicyclic) bond motifs is 3. The van der Waals surface area contributed by atoms with Crippen LogP contribution in [0.15, 0.2) is 97.1 Å². The van der Waals surface area contributed by atoms with Crippen LogP contribution in [0.25, 0.3) is 21.8 Å². The Morgan fingerprint density at radius 1 is 0.892 bits per heavy atom. The summed E-state index contributed by atoms with van der Waals surface area (Å²) in [6, 6.07) is 32.1. The van der Waals surface area contributed by atoms with E-state index >= 15 is 0 Å². The number of aromatic nitrogens is 1. The van der Waals surface area contributed by atoms with Gasteiger partial charge >= 0.3 is 0 Å². The van der Waals surface area contributed by atoms with E-state index in [1.54, 1.807) is 11.8 Å². The summed E-state index contributed by atoms with van der Waals surface area (Å²) in [4.78, 5) is 27.6. The minimum absolute atomic E-state index is 0.0527. The SMILES string of the molecule is CCn1c2ccccc2c2cc(NC(=O)c3ccc([C@H]4SCC(=O)N4Cc4ccccc4)cc3)ccc21.